The lowest BCUT2D eigenvalue weighted by Crippen LogP contribution is -2.32. The molecule has 0 bridgehead atoms. The number of carboxylic acid groups (broad SMARTS) is 1. The van der Waals surface area contributed by atoms with E-state index in [0.29, 0.717) is 18.5 Å². The number of alkyl halides is 2. The van der Waals surface area contributed by atoms with Gasteiger partial charge in [0.2, 0.25) is 0 Å². The van der Waals surface area contributed by atoms with Gasteiger partial charge in [-0.3, -0.25) is 9.69 Å². The number of para-hydroxylation sites is 1. The van der Waals surface area contributed by atoms with Crippen molar-refractivity contribution in [3.63, 3.8) is 0 Å². The van der Waals surface area contributed by atoms with Crippen molar-refractivity contribution >= 4 is 5.97 Å². The highest BCUT2D eigenvalue weighted by atomic mass is 19.3. The van der Waals surface area contributed by atoms with Crippen LogP contribution in [0.25, 0.3) is 0 Å². The van der Waals surface area contributed by atoms with Gasteiger partial charge in [0.05, 0.1) is 6.42 Å². The summed E-state index contributed by atoms with van der Waals surface area (Å²) in [6, 6.07) is 34.0. The smallest absolute Gasteiger partial charge is 0.387 e. The SMILES string of the molecule is C[C@H](c1ccccc1)N(Cc1ccccc1)C(CC(=O)O)c1cccc(Cc2ccccc2OC(F)F)c1. The zero-order valence-corrected chi connectivity index (χ0v) is 21.2. The molecule has 4 aromatic carbocycles. The molecule has 0 spiro atoms. The highest BCUT2D eigenvalue weighted by molar-refractivity contribution is 5.68. The molecule has 196 valence electrons. The number of halogens is 2. The van der Waals surface area contributed by atoms with E-state index in [0.717, 1.165) is 22.3 Å². The van der Waals surface area contributed by atoms with Gasteiger partial charge in [0.1, 0.15) is 5.75 Å². The Morgan fingerprint density at radius 2 is 1.42 bits per heavy atom. The number of benzene rings is 4. The van der Waals surface area contributed by atoms with E-state index in [2.05, 4.69) is 24.0 Å². The van der Waals surface area contributed by atoms with Crippen molar-refractivity contribution < 1.29 is 23.4 Å². The molecule has 6 heteroatoms. The van der Waals surface area contributed by atoms with Crippen molar-refractivity contribution in [2.45, 2.75) is 45.0 Å². The van der Waals surface area contributed by atoms with Crippen LogP contribution in [0.3, 0.4) is 0 Å². The van der Waals surface area contributed by atoms with Crippen LogP contribution >= 0.6 is 0 Å². The lowest BCUT2D eigenvalue weighted by molar-refractivity contribution is -0.138. The van der Waals surface area contributed by atoms with Crippen molar-refractivity contribution in [1.29, 1.82) is 0 Å². The summed E-state index contributed by atoms with van der Waals surface area (Å²) in [5.74, 6) is -0.757. The summed E-state index contributed by atoms with van der Waals surface area (Å²) in [6.45, 7) is -0.257. The lowest BCUT2D eigenvalue weighted by atomic mass is 9.94. The standard InChI is InChI=1S/C32H31F2NO3/c1-23(26-14-6-3-7-15-26)35(22-24-11-4-2-5-12-24)29(21-31(36)37)27-17-10-13-25(19-27)20-28-16-8-9-18-30(28)38-32(33)34/h2-19,23,29,32H,20-22H2,1H3,(H,36,37)/t23-,29?/m1/s1. The molecule has 38 heavy (non-hydrogen) atoms. The lowest BCUT2D eigenvalue weighted by Gasteiger charge is -2.37. The largest absolute Gasteiger partial charge is 0.481 e. The number of hydrogen-bond acceptors (Lipinski definition) is 3. The molecule has 0 saturated carbocycles. The van der Waals surface area contributed by atoms with Crippen LogP contribution in [-0.4, -0.2) is 22.6 Å². The monoisotopic (exact) mass is 515 g/mol. The first-order chi connectivity index (χ1) is 18.4. The summed E-state index contributed by atoms with van der Waals surface area (Å²) in [5.41, 5.74) is 4.55. The summed E-state index contributed by atoms with van der Waals surface area (Å²) < 4.78 is 30.6. The zero-order chi connectivity index (χ0) is 26.9. The number of carbonyl (C=O) groups is 1. The molecule has 0 aliphatic heterocycles. The summed E-state index contributed by atoms with van der Waals surface area (Å²) in [4.78, 5) is 14.3. The zero-order valence-electron chi connectivity index (χ0n) is 21.2. The van der Waals surface area contributed by atoms with Gasteiger partial charge in [0.25, 0.3) is 0 Å². The van der Waals surface area contributed by atoms with E-state index in [1.165, 1.54) is 6.07 Å². The van der Waals surface area contributed by atoms with Gasteiger partial charge in [0.15, 0.2) is 0 Å². The van der Waals surface area contributed by atoms with Crippen LogP contribution in [0.5, 0.6) is 5.75 Å². The van der Waals surface area contributed by atoms with E-state index in [4.69, 9.17) is 4.74 Å². The third kappa shape index (κ3) is 7.26. The third-order valence-electron chi connectivity index (χ3n) is 6.67. The van der Waals surface area contributed by atoms with Crippen molar-refractivity contribution in [3.8, 4) is 5.75 Å². The van der Waals surface area contributed by atoms with Crippen LogP contribution in [0.1, 0.15) is 53.2 Å². The van der Waals surface area contributed by atoms with Crippen LogP contribution < -0.4 is 4.74 Å². The number of aliphatic carboxylic acids is 1. The Labute approximate surface area is 222 Å². The Balaban J connectivity index is 1.71. The first-order valence-corrected chi connectivity index (χ1v) is 12.6. The summed E-state index contributed by atoms with van der Waals surface area (Å²) in [7, 11) is 0. The average molecular weight is 516 g/mol. The maximum Gasteiger partial charge on any atom is 0.387 e. The normalized spacial score (nSPS) is 12.9. The molecule has 4 nitrogen and oxygen atoms in total. The number of nitrogens with zero attached hydrogens (tertiary/aromatic N) is 1. The Morgan fingerprint density at radius 1 is 0.816 bits per heavy atom. The minimum Gasteiger partial charge on any atom is -0.481 e. The minimum atomic E-state index is -2.91. The number of rotatable bonds is 12. The maximum absolute atomic E-state index is 12.9. The van der Waals surface area contributed by atoms with E-state index >= 15 is 0 Å². The van der Waals surface area contributed by atoms with Crippen molar-refractivity contribution in [2.75, 3.05) is 0 Å². The van der Waals surface area contributed by atoms with Crippen LogP contribution in [0.15, 0.2) is 109 Å². The average Bonchev–Trinajstić information content (AvgIpc) is 2.92. The second kappa shape index (κ2) is 13.0. The molecule has 0 aromatic heterocycles. The van der Waals surface area contributed by atoms with Crippen molar-refractivity contribution in [1.82, 2.24) is 4.90 Å². The molecule has 1 N–H and O–H groups in total. The van der Waals surface area contributed by atoms with E-state index < -0.39 is 18.6 Å². The van der Waals surface area contributed by atoms with Gasteiger partial charge in [-0.25, -0.2) is 0 Å². The quantitative estimate of drug-likeness (QED) is 0.210. The predicted molar refractivity (Wildman–Crippen MR) is 144 cm³/mol. The van der Waals surface area contributed by atoms with E-state index in [9.17, 15) is 18.7 Å². The van der Waals surface area contributed by atoms with Crippen LogP contribution in [0, 0.1) is 0 Å². The van der Waals surface area contributed by atoms with Gasteiger partial charge < -0.3 is 9.84 Å². The van der Waals surface area contributed by atoms with Gasteiger partial charge in [-0.15, -0.1) is 0 Å². The summed E-state index contributed by atoms with van der Waals surface area (Å²) in [6.07, 6.45) is 0.294. The molecular formula is C32H31F2NO3. The molecule has 2 atom stereocenters. The second-order valence-corrected chi connectivity index (χ2v) is 9.27. The van der Waals surface area contributed by atoms with Crippen LogP contribution in [0.2, 0.25) is 0 Å². The molecule has 0 saturated heterocycles. The van der Waals surface area contributed by atoms with Crippen molar-refractivity contribution in [2.24, 2.45) is 0 Å². The molecule has 4 rings (SSSR count). The van der Waals surface area contributed by atoms with E-state index in [-0.39, 0.29) is 18.2 Å². The van der Waals surface area contributed by atoms with Crippen LogP contribution in [0.4, 0.5) is 8.78 Å². The highest BCUT2D eigenvalue weighted by Crippen LogP contribution is 2.35. The minimum absolute atomic E-state index is 0.0652. The second-order valence-electron chi connectivity index (χ2n) is 9.27. The third-order valence-corrected chi connectivity index (χ3v) is 6.67. The fourth-order valence-electron chi connectivity index (χ4n) is 4.82. The Kier molecular flexibility index (Phi) is 9.22. The first kappa shape index (κ1) is 27.0. The van der Waals surface area contributed by atoms with Gasteiger partial charge in [-0.05, 0) is 40.8 Å². The first-order valence-electron chi connectivity index (χ1n) is 12.6. The van der Waals surface area contributed by atoms with Gasteiger partial charge in [0, 0.05) is 25.0 Å². The number of ether oxygens (including phenoxy) is 1. The Morgan fingerprint density at radius 3 is 2.11 bits per heavy atom. The van der Waals surface area contributed by atoms with Gasteiger partial charge >= 0.3 is 12.6 Å². The maximum atomic E-state index is 12.9. The Hall–Kier alpha value is -4.03. The topological polar surface area (TPSA) is 49.8 Å². The summed E-state index contributed by atoms with van der Waals surface area (Å²) >= 11 is 0. The summed E-state index contributed by atoms with van der Waals surface area (Å²) in [5, 5.41) is 9.92. The van der Waals surface area contributed by atoms with Crippen LogP contribution in [-0.2, 0) is 17.8 Å². The molecule has 0 aliphatic carbocycles. The van der Waals surface area contributed by atoms with E-state index in [1.807, 2.05) is 72.8 Å². The van der Waals surface area contributed by atoms with Gasteiger partial charge in [-0.1, -0.05) is 103 Å². The fourth-order valence-corrected chi connectivity index (χ4v) is 4.82. The molecule has 0 amide bonds. The molecule has 1 unspecified atom stereocenters. The highest BCUT2D eigenvalue weighted by Gasteiger charge is 2.28. The van der Waals surface area contributed by atoms with E-state index in [1.54, 1.807) is 18.2 Å². The van der Waals surface area contributed by atoms with Gasteiger partial charge in [-0.2, -0.15) is 8.78 Å². The molecule has 0 heterocycles. The molecule has 4 aromatic rings. The molecule has 0 radical (unpaired) electrons. The molecular weight excluding hydrogens is 484 g/mol. The molecule has 0 aliphatic rings. The number of hydrogen-bond donors (Lipinski definition) is 1. The Bertz CT molecular complexity index is 1310. The number of carboxylic acids is 1. The van der Waals surface area contributed by atoms with Crippen molar-refractivity contribution in [3.05, 3.63) is 137 Å². The molecule has 0 fully saturated rings. The predicted octanol–water partition coefficient (Wildman–Crippen LogP) is 7.66. The fraction of sp³-hybridized carbons (Fsp3) is 0.219.